The molecule has 0 heterocycles. The van der Waals surface area contributed by atoms with Gasteiger partial charge >= 0.3 is 5.97 Å². The van der Waals surface area contributed by atoms with Gasteiger partial charge in [-0.25, -0.2) is 10.6 Å². The number of hydrogen-bond acceptors (Lipinski definition) is 5. The number of hydrogen-bond donors (Lipinski definition) is 3. The quantitative estimate of drug-likeness (QED) is 0.201. The van der Waals surface area contributed by atoms with Crippen molar-refractivity contribution < 1.29 is 9.53 Å². The van der Waals surface area contributed by atoms with Crippen molar-refractivity contribution in [2.45, 2.75) is 0 Å². The van der Waals surface area contributed by atoms with Gasteiger partial charge in [0, 0.05) is 5.56 Å². The molecule has 0 spiro atoms. The van der Waals surface area contributed by atoms with Crippen molar-refractivity contribution in [3.63, 3.8) is 0 Å². The molecule has 0 aliphatic heterocycles. The number of rotatable bonds is 2. The summed E-state index contributed by atoms with van der Waals surface area (Å²) >= 11 is 0. The number of methoxy groups -OCH3 is 1. The highest BCUT2D eigenvalue weighted by atomic mass is 16.5. The van der Waals surface area contributed by atoms with Gasteiger partial charge in [-0.05, 0) is 12.1 Å². The van der Waals surface area contributed by atoms with E-state index < -0.39 is 5.97 Å². The first kappa shape index (κ1) is 11.0. The molecule has 6 heteroatoms. The van der Waals surface area contributed by atoms with E-state index in [-0.39, 0.29) is 0 Å². The van der Waals surface area contributed by atoms with E-state index in [1.165, 1.54) is 7.11 Å². The predicted octanol–water partition coefficient (Wildman–Crippen LogP) is -0.443. The number of benzene rings is 1. The lowest BCUT2D eigenvalue weighted by Crippen LogP contribution is -2.32. The number of carbonyl (C=O) groups excluding carboxylic acids is 1. The summed E-state index contributed by atoms with van der Waals surface area (Å²) in [5.41, 5.74) is 3.48. The fourth-order valence-electron chi connectivity index (χ4n) is 1.08. The van der Waals surface area contributed by atoms with Crippen LogP contribution in [-0.4, -0.2) is 18.9 Å². The normalized spacial score (nSPS) is 10.9. The summed E-state index contributed by atoms with van der Waals surface area (Å²) in [6.07, 6.45) is 0. The molecular formula is C9H12N4O2. The Morgan fingerprint density at radius 2 is 1.87 bits per heavy atom. The fraction of sp³-hybridized carbons (Fsp3) is 0.111. The van der Waals surface area contributed by atoms with Gasteiger partial charge < -0.3 is 16.0 Å². The van der Waals surface area contributed by atoms with Crippen LogP contribution in [0.25, 0.3) is 0 Å². The number of carbonyl (C=O) groups is 1. The summed E-state index contributed by atoms with van der Waals surface area (Å²) in [7, 11) is 1.32. The molecule has 1 rings (SSSR count). The molecule has 0 atom stereocenters. The minimum absolute atomic E-state index is 0.339. The average molecular weight is 208 g/mol. The number of esters is 1. The third kappa shape index (κ3) is 2.44. The van der Waals surface area contributed by atoms with E-state index in [9.17, 15) is 4.79 Å². The van der Waals surface area contributed by atoms with Crippen LogP contribution in [0.15, 0.2) is 29.4 Å². The number of hydrazine groups is 1. The second-order valence-electron chi connectivity index (χ2n) is 2.69. The summed E-state index contributed by atoms with van der Waals surface area (Å²) in [5.74, 6) is 10.2. The van der Waals surface area contributed by atoms with Gasteiger partial charge in [0.25, 0.3) is 0 Å². The van der Waals surface area contributed by atoms with E-state index in [1.807, 2.05) is 0 Å². The molecule has 1 aromatic rings. The zero-order valence-electron chi connectivity index (χ0n) is 8.23. The monoisotopic (exact) mass is 208 g/mol. The van der Waals surface area contributed by atoms with E-state index >= 15 is 0 Å². The molecule has 0 aliphatic carbocycles. The zero-order valence-corrected chi connectivity index (χ0v) is 8.23. The smallest absolute Gasteiger partial charge is 0.337 e. The number of amidine groups is 1. The van der Waals surface area contributed by atoms with Crippen LogP contribution in [0.2, 0.25) is 0 Å². The van der Waals surface area contributed by atoms with Gasteiger partial charge in [0.1, 0.15) is 0 Å². The number of nitrogens with one attached hydrogen (secondary N) is 1. The van der Waals surface area contributed by atoms with Crippen molar-refractivity contribution in [2.24, 2.45) is 16.8 Å². The van der Waals surface area contributed by atoms with Gasteiger partial charge in [-0.2, -0.15) is 5.10 Å². The number of ether oxygens (including phenoxy) is 1. The summed E-state index contributed by atoms with van der Waals surface area (Å²) < 4.78 is 4.56. The Hall–Kier alpha value is -2.08. The standard InChI is InChI=1S/C9H12N4O2/c1-15-9(14)7-4-2-6(3-5-7)8(12-10)13-11/h2-5H,10-11H2,1H3,(H,12,13). The van der Waals surface area contributed by atoms with E-state index in [0.717, 1.165) is 0 Å². The van der Waals surface area contributed by atoms with Crippen molar-refractivity contribution in [3.05, 3.63) is 35.4 Å². The molecule has 0 radical (unpaired) electrons. The average Bonchev–Trinajstić information content (AvgIpc) is 2.30. The van der Waals surface area contributed by atoms with E-state index in [1.54, 1.807) is 24.3 Å². The van der Waals surface area contributed by atoms with E-state index in [0.29, 0.717) is 17.0 Å². The van der Waals surface area contributed by atoms with Gasteiger partial charge in [0.15, 0.2) is 5.84 Å². The first-order chi connectivity index (χ1) is 7.22. The van der Waals surface area contributed by atoms with Crippen LogP contribution in [-0.2, 0) is 4.74 Å². The lowest BCUT2D eigenvalue weighted by molar-refractivity contribution is 0.0601. The maximum atomic E-state index is 11.1. The van der Waals surface area contributed by atoms with Crippen LogP contribution in [0.5, 0.6) is 0 Å². The SMILES string of the molecule is COC(=O)c1ccc(/C(=N/N)NN)cc1. The van der Waals surface area contributed by atoms with E-state index in [2.05, 4.69) is 15.3 Å². The van der Waals surface area contributed by atoms with Crippen LogP contribution in [0.3, 0.4) is 0 Å². The molecule has 0 saturated carbocycles. The molecule has 0 fully saturated rings. The highest BCUT2D eigenvalue weighted by molar-refractivity contribution is 5.99. The lowest BCUT2D eigenvalue weighted by atomic mass is 10.1. The molecule has 6 nitrogen and oxygen atoms in total. The van der Waals surface area contributed by atoms with Crippen molar-refractivity contribution in [2.75, 3.05) is 7.11 Å². The molecule has 15 heavy (non-hydrogen) atoms. The number of nitrogens with two attached hydrogens (primary N) is 2. The number of hydrazone groups is 1. The summed E-state index contributed by atoms with van der Waals surface area (Å²) in [6.45, 7) is 0. The van der Waals surface area contributed by atoms with Gasteiger partial charge in [-0.1, -0.05) is 12.1 Å². The molecule has 80 valence electrons. The zero-order chi connectivity index (χ0) is 11.3. The molecule has 5 N–H and O–H groups in total. The molecular weight excluding hydrogens is 196 g/mol. The van der Waals surface area contributed by atoms with Gasteiger partial charge in [0.05, 0.1) is 12.7 Å². The molecule has 0 unspecified atom stereocenters. The Bertz CT molecular complexity index is 372. The van der Waals surface area contributed by atoms with Crippen LogP contribution in [0.4, 0.5) is 0 Å². The van der Waals surface area contributed by atoms with Crippen LogP contribution < -0.4 is 17.1 Å². The third-order valence-electron chi connectivity index (χ3n) is 1.85. The second-order valence-corrected chi connectivity index (χ2v) is 2.69. The minimum atomic E-state index is -0.395. The molecule has 0 aliphatic rings. The Labute approximate surface area is 86.9 Å². The van der Waals surface area contributed by atoms with Crippen LogP contribution in [0, 0.1) is 0 Å². The second kappa shape index (κ2) is 4.97. The summed E-state index contributed by atoms with van der Waals surface area (Å²) in [4.78, 5) is 11.1. The molecule has 0 saturated heterocycles. The third-order valence-corrected chi connectivity index (χ3v) is 1.85. The largest absolute Gasteiger partial charge is 0.465 e. The topological polar surface area (TPSA) is 103 Å². The van der Waals surface area contributed by atoms with Crippen LogP contribution >= 0.6 is 0 Å². The first-order valence-electron chi connectivity index (χ1n) is 4.16. The highest BCUT2D eigenvalue weighted by Gasteiger charge is 2.06. The number of nitrogens with zero attached hydrogens (tertiary/aromatic N) is 1. The lowest BCUT2D eigenvalue weighted by Gasteiger charge is -2.04. The van der Waals surface area contributed by atoms with Crippen molar-refractivity contribution in [1.82, 2.24) is 5.43 Å². The summed E-state index contributed by atoms with van der Waals surface area (Å²) in [6, 6.07) is 6.53. The maximum absolute atomic E-state index is 11.1. The maximum Gasteiger partial charge on any atom is 0.337 e. The fourth-order valence-corrected chi connectivity index (χ4v) is 1.08. The molecule has 1 aromatic carbocycles. The van der Waals surface area contributed by atoms with Gasteiger partial charge in [0.2, 0.25) is 0 Å². The van der Waals surface area contributed by atoms with Gasteiger partial charge in [-0.3, -0.25) is 0 Å². The Kier molecular flexibility index (Phi) is 3.64. The Morgan fingerprint density at radius 3 is 2.27 bits per heavy atom. The highest BCUT2D eigenvalue weighted by Crippen LogP contribution is 2.05. The Morgan fingerprint density at radius 1 is 1.33 bits per heavy atom. The van der Waals surface area contributed by atoms with Crippen molar-refractivity contribution in [1.29, 1.82) is 0 Å². The minimum Gasteiger partial charge on any atom is -0.465 e. The van der Waals surface area contributed by atoms with E-state index in [4.69, 9.17) is 11.7 Å². The summed E-state index contributed by atoms with van der Waals surface area (Å²) in [5, 5.41) is 3.44. The Balaban J connectivity index is 2.94. The molecule has 0 aromatic heterocycles. The van der Waals surface area contributed by atoms with Crippen molar-refractivity contribution in [3.8, 4) is 0 Å². The van der Waals surface area contributed by atoms with Gasteiger partial charge in [-0.15, -0.1) is 0 Å². The van der Waals surface area contributed by atoms with Crippen molar-refractivity contribution >= 4 is 11.8 Å². The molecule has 0 amide bonds. The van der Waals surface area contributed by atoms with Crippen LogP contribution in [0.1, 0.15) is 15.9 Å². The first-order valence-corrected chi connectivity index (χ1v) is 4.16. The predicted molar refractivity (Wildman–Crippen MR) is 55.8 cm³/mol. The molecule has 0 bridgehead atoms.